The number of nitrogens with two attached hydrogens (primary N) is 1. The maximum Gasteiger partial charge on any atom is 0.251 e. The molecule has 1 aromatic rings. The maximum atomic E-state index is 11.9. The van der Waals surface area contributed by atoms with Gasteiger partial charge in [-0.25, -0.2) is 0 Å². The third kappa shape index (κ3) is 3.07. The lowest BCUT2D eigenvalue weighted by atomic mass is 10.1. The van der Waals surface area contributed by atoms with Gasteiger partial charge in [0.15, 0.2) is 0 Å². The van der Waals surface area contributed by atoms with Gasteiger partial charge < -0.3 is 16.4 Å². The topological polar surface area (TPSA) is 84.2 Å². The quantitative estimate of drug-likeness (QED) is 0.711. The highest BCUT2D eigenvalue weighted by atomic mass is 16.2. The fraction of sp³-hybridized carbons (Fsp3) is 0.385. The molecule has 0 aromatic heterocycles. The van der Waals surface area contributed by atoms with Crippen LogP contribution in [-0.4, -0.2) is 24.4 Å². The molecule has 2 amide bonds. The lowest BCUT2D eigenvalue weighted by Gasteiger charge is -2.23. The van der Waals surface area contributed by atoms with Crippen molar-refractivity contribution in [3.63, 3.8) is 0 Å². The van der Waals surface area contributed by atoms with Gasteiger partial charge in [-0.1, -0.05) is 12.1 Å². The minimum absolute atomic E-state index is 0.0179. The van der Waals surface area contributed by atoms with Crippen molar-refractivity contribution >= 4 is 11.8 Å². The predicted molar refractivity (Wildman–Crippen MR) is 67.8 cm³/mol. The smallest absolute Gasteiger partial charge is 0.251 e. The maximum absolute atomic E-state index is 11.9. The van der Waals surface area contributed by atoms with E-state index in [0.717, 1.165) is 5.56 Å². The Bertz CT molecular complexity index is 432. The molecule has 5 heteroatoms. The molecule has 0 aliphatic carbocycles. The first-order valence-electron chi connectivity index (χ1n) is 6.05. The molecule has 1 heterocycles. The molecule has 0 saturated carbocycles. The number of benzene rings is 1. The molecule has 1 atom stereocenters. The normalized spacial score (nSPS) is 19.2. The van der Waals surface area contributed by atoms with Crippen LogP contribution >= 0.6 is 0 Å². The van der Waals surface area contributed by atoms with E-state index in [-0.39, 0.29) is 17.9 Å². The van der Waals surface area contributed by atoms with E-state index in [2.05, 4.69) is 10.6 Å². The van der Waals surface area contributed by atoms with Crippen LogP contribution in [0.5, 0.6) is 0 Å². The van der Waals surface area contributed by atoms with Crippen molar-refractivity contribution in [2.24, 2.45) is 5.73 Å². The second-order valence-corrected chi connectivity index (χ2v) is 4.41. The molecule has 0 spiro atoms. The third-order valence-electron chi connectivity index (χ3n) is 3.05. The summed E-state index contributed by atoms with van der Waals surface area (Å²) in [4.78, 5) is 22.9. The van der Waals surface area contributed by atoms with Crippen molar-refractivity contribution in [2.75, 3.05) is 6.54 Å². The van der Waals surface area contributed by atoms with Crippen LogP contribution in [0.1, 0.15) is 28.8 Å². The van der Waals surface area contributed by atoms with E-state index < -0.39 is 0 Å². The Balaban J connectivity index is 1.92. The highest BCUT2D eigenvalue weighted by Crippen LogP contribution is 2.07. The Morgan fingerprint density at radius 1 is 1.39 bits per heavy atom. The number of hydrogen-bond acceptors (Lipinski definition) is 3. The summed E-state index contributed by atoms with van der Waals surface area (Å²) in [6.45, 7) is 0.974. The Kier molecular flexibility index (Phi) is 3.94. The summed E-state index contributed by atoms with van der Waals surface area (Å²) in [6.07, 6.45) is 1.16. The van der Waals surface area contributed by atoms with Gasteiger partial charge in [0.2, 0.25) is 5.91 Å². The third-order valence-corrected chi connectivity index (χ3v) is 3.05. The highest BCUT2D eigenvalue weighted by Gasteiger charge is 2.19. The van der Waals surface area contributed by atoms with Crippen LogP contribution < -0.4 is 16.4 Å². The standard InChI is InChI=1S/C13H17N3O2/c14-7-9-1-3-10(4-2-9)13(18)16-11-5-6-12(17)15-8-11/h1-4,11H,5-8,14H2,(H,15,17)(H,16,18). The number of amides is 2. The van der Waals surface area contributed by atoms with Gasteiger partial charge in [0, 0.05) is 31.1 Å². The van der Waals surface area contributed by atoms with Crippen LogP contribution in [0.3, 0.4) is 0 Å². The molecule has 1 aliphatic heterocycles. The van der Waals surface area contributed by atoms with Crippen LogP contribution in [0.15, 0.2) is 24.3 Å². The Morgan fingerprint density at radius 2 is 2.11 bits per heavy atom. The minimum Gasteiger partial charge on any atom is -0.354 e. The van der Waals surface area contributed by atoms with E-state index in [4.69, 9.17) is 5.73 Å². The van der Waals surface area contributed by atoms with Gasteiger partial charge >= 0.3 is 0 Å². The first-order valence-corrected chi connectivity index (χ1v) is 6.05. The van der Waals surface area contributed by atoms with Crippen molar-refractivity contribution in [2.45, 2.75) is 25.4 Å². The summed E-state index contributed by atoms with van der Waals surface area (Å²) in [5.41, 5.74) is 7.11. The number of hydrogen-bond donors (Lipinski definition) is 3. The lowest BCUT2D eigenvalue weighted by Crippen LogP contribution is -2.47. The van der Waals surface area contributed by atoms with Crippen LogP contribution in [0.4, 0.5) is 0 Å². The van der Waals surface area contributed by atoms with Crippen molar-refractivity contribution in [3.05, 3.63) is 35.4 Å². The fourth-order valence-corrected chi connectivity index (χ4v) is 1.92. The molecule has 0 bridgehead atoms. The van der Waals surface area contributed by atoms with Gasteiger partial charge in [0.05, 0.1) is 0 Å². The van der Waals surface area contributed by atoms with Crippen molar-refractivity contribution in [3.8, 4) is 0 Å². The van der Waals surface area contributed by atoms with E-state index in [0.29, 0.717) is 31.5 Å². The molecule has 2 rings (SSSR count). The summed E-state index contributed by atoms with van der Waals surface area (Å²) in [5, 5.41) is 5.65. The summed E-state index contributed by atoms with van der Waals surface area (Å²) < 4.78 is 0. The molecule has 1 saturated heterocycles. The van der Waals surface area contributed by atoms with Gasteiger partial charge in [-0.05, 0) is 24.1 Å². The molecule has 1 fully saturated rings. The van der Waals surface area contributed by atoms with Gasteiger partial charge in [-0.3, -0.25) is 9.59 Å². The average Bonchev–Trinajstić information content (AvgIpc) is 2.41. The largest absolute Gasteiger partial charge is 0.354 e. The first-order chi connectivity index (χ1) is 8.69. The molecule has 18 heavy (non-hydrogen) atoms. The minimum atomic E-state index is -0.111. The van der Waals surface area contributed by atoms with Gasteiger partial charge in [-0.15, -0.1) is 0 Å². The second-order valence-electron chi connectivity index (χ2n) is 4.41. The number of piperidine rings is 1. The van der Waals surface area contributed by atoms with Crippen LogP contribution in [0.2, 0.25) is 0 Å². The van der Waals surface area contributed by atoms with Crippen LogP contribution in [-0.2, 0) is 11.3 Å². The molecular weight excluding hydrogens is 230 g/mol. The SMILES string of the molecule is NCc1ccc(C(=O)NC2CCC(=O)NC2)cc1. The zero-order valence-electron chi connectivity index (χ0n) is 10.1. The lowest BCUT2D eigenvalue weighted by molar-refractivity contribution is -0.122. The van der Waals surface area contributed by atoms with Gasteiger partial charge in [0.25, 0.3) is 5.91 Å². The number of rotatable bonds is 3. The second kappa shape index (κ2) is 5.64. The molecule has 1 aliphatic rings. The van der Waals surface area contributed by atoms with E-state index >= 15 is 0 Å². The average molecular weight is 247 g/mol. The first kappa shape index (κ1) is 12.6. The highest BCUT2D eigenvalue weighted by molar-refractivity contribution is 5.94. The Labute approximate surface area is 106 Å². The molecule has 5 nitrogen and oxygen atoms in total. The Morgan fingerprint density at radius 3 is 2.67 bits per heavy atom. The van der Waals surface area contributed by atoms with E-state index in [1.165, 1.54) is 0 Å². The van der Waals surface area contributed by atoms with Crippen LogP contribution in [0.25, 0.3) is 0 Å². The zero-order chi connectivity index (χ0) is 13.0. The predicted octanol–water partition coefficient (Wildman–Crippen LogP) is 0.154. The summed E-state index contributed by atoms with van der Waals surface area (Å²) in [5.74, 6) is -0.0625. The molecular formula is C13H17N3O2. The van der Waals surface area contributed by atoms with Crippen LogP contribution in [0, 0.1) is 0 Å². The van der Waals surface area contributed by atoms with Gasteiger partial charge in [0.1, 0.15) is 0 Å². The molecule has 4 N–H and O–H groups in total. The molecule has 0 radical (unpaired) electrons. The van der Waals surface area contributed by atoms with E-state index in [1.807, 2.05) is 12.1 Å². The summed E-state index contributed by atoms with van der Waals surface area (Å²) in [6, 6.07) is 7.23. The van der Waals surface area contributed by atoms with E-state index in [9.17, 15) is 9.59 Å². The molecule has 96 valence electrons. The molecule has 1 unspecified atom stereocenters. The van der Waals surface area contributed by atoms with E-state index in [1.54, 1.807) is 12.1 Å². The summed E-state index contributed by atoms with van der Waals surface area (Å²) >= 11 is 0. The Hall–Kier alpha value is -1.88. The van der Waals surface area contributed by atoms with Crippen molar-refractivity contribution < 1.29 is 9.59 Å². The fourth-order valence-electron chi connectivity index (χ4n) is 1.92. The van der Waals surface area contributed by atoms with Crippen molar-refractivity contribution in [1.29, 1.82) is 0 Å². The number of nitrogens with one attached hydrogen (secondary N) is 2. The summed E-state index contributed by atoms with van der Waals surface area (Å²) in [7, 11) is 0. The monoisotopic (exact) mass is 247 g/mol. The van der Waals surface area contributed by atoms with Crippen molar-refractivity contribution in [1.82, 2.24) is 10.6 Å². The molecule has 1 aromatic carbocycles. The zero-order valence-corrected chi connectivity index (χ0v) is 10.1. The number of carbonyl (C=O) groups is 2. The number of carbonyl (C=O) groups excluding carboxylic acids is 2. The van der Waals surface area contributed by atoms with Gasteiger partial charge in [-0.2, -0.15) is 0 Å².